The first-order chi connectivity index (χ1) is 10.8. The van der Waals surface area contributed by atoms with Crippen LogP contribution in [0, 0.1) is 0 Å². The first-order valence-electron chi connectivity index (χ1n) is 7.65. The van der Waals surface area contributed by atoms with Crippen LogP contribution in [-0.4, -0.2) is 36.4 Å². The van der Waals surface area contributed by atoms with Crippen molar-refractivity contribution in [3.63, 3.8) is 0 Å². The van der Waals surface area contributed by atoms with Crippen molar-refractivity contribution >= 4 is 17.0 Å². The molecule has 126 valence electrons. The molecule has 0 saturated heterocycles. The lowest BCUT2D eigenvalue weighted by atomic mass is 10.1. The predicted molar refractivity (Wildman–Crippen MR) is 90.8 cm³/mol. The highest BCUT2D eigenvalue weighted by atomic mass is 16.6. The average molecular weight is 319 g/mol. The Balaban J connectivity index is 1.90. The Morgan fingerprint density at radius 1 is 1.35 bits per heavy atom. The van der Waals surface area contributed by atoms with Crippen molar-refractivity contribution in [2.24, 2.45) is 5.73 Å². The second-order valence-electron chi connectivity index (χ2n) is 6.59. The smallest absolute Gasteiger partial charge is 0.407 e. The molecule has 2 rings (SSSR count). The Kier molecular flexibility index (Phi) is 5.15. The van der Waals surface area contributed by atoms with Gasteiger partial charge in [0.2, 0.25) is 0 Å². The molecular formula is C17H25N3O3. The molecule has 2 aromatic rings. The summed E-state index contributed by atoms with van der Waals surface area (Å²) < 4.78 is 10.4. The molecule has 1 aromatic carbocycles. The molecule has 23 heavy (non-hydrogen) atoms. The van der Waals surface area contributed by atoms with Crippen molar-refractivity contribution in [1.29, 1.82) is 0 Å². The number of benzene rings is 1. The fourth-order valence-electron chi connectivity index (χ4n) is 2.29. The molecule has 1 aromatic heterocycles. The Labute approximate surface area is 136 Å². The van der Waals surface area contributed by atoms with Gasteiger partial charge >= 0.3 is 6.09 Å². The number of aromatic amines is 1. The lowest BCUT2D eigenvalue weighted by Crippen LogP contribution is -2.41. The van der Waals surface area contributed by atoms with E-state index < -0.39 is 11.7 Å². The second-order valence-corrected chi connectivity index (χ2v) is 6.59. The number of ether oxygens (including phenoxy) is 2. The third-order valence-corrected chi connectivity index (χ3v) is 3.27. The van der Waals surface area contributed by atoms with E-state index in [0.29, 0.717) is 13.0 Å². The molecule has 1 atom stereocenters. The van der Waals surface area contributed by atoms with Gasteiger partial charge < -0.3 is 25.5 Å². The van der Waals surface area contributed by atoms with E-state index in [9.17, 15) is 4.79 Å². The van der Waals surface area contributed by atoms with Crippen molar-refractivity contribution in [2.75, 3.05) is 13.7 Å². The van der Waals surface area contributed by atoms with Crippen molar-refractivity contribution in [3.8, 4) is 5.75 Å². The number of hydrogen-bond acceptors (Lipinski definition) is 4. The van der Waals surface area contributed by atoms with Gasteiger partial charge in [-0.25, -0.2) is 4.79 Å². The highest BCUT2D eigenvalue weighted by molar-refractivity contribution is 5.81. The summed E-state index contributed by atoms with van der Waals surface area (Å²) in [5, 5.41) is 3.80. The minimum absolute atomic E-state index is 0.197. The summed E-state index contributed by atoms with van der Waals surface area (Å²) in [4.78, 5) is 14.9. The first-order valence-corrected chi connectivity index (χ1v) is 7.65. The number of methoxy groups -OCH3 is 1. The summed E-state index contributed by atoms with van der Waals surface area (Å²) >= 11 is 0. The Hall–Kier alpha value is -2.21. The molecule has 1 unspecified atom stereocenters. The normalized spacial score (nSPS) is 12.9. The largest absolute Gasteiger partial charge is 0.497 e. The highest BCUT2D eigenvalue weighted by Gasteiger charge is 2.16. The first kappa shape index (κ1) is 17.1. The van der Waals surface area contributed by atoms with Crippen molar-refractivity contribution in [3.05, 3.63) is 30.0 Å². The van der Waals surface area contributed by atoms with Gasteiger partial charge in [0.25, 0.3) is 0 Å². The summed E-state index contributed by atoms with van der Waals surface area (Å²) in [7, 11) is 1.64. The molecule has 0 radical (unpaired) electrons. The van der Waals surface area contributed by atoms with E-state index in [1.54, 1.807) is 7.11 Å². The lowest BCUT2D eigenvalue weighted by Gasteiger charge is -2.20. The zero-order chi connectivity index (χ0) is 17.0. The zero-order valence-electron chi connectivity index (χ0n) is 14.1. The van der Waals surface area contributed by atoms with Gasteiger partial charge in [-0.05, 0) is 44.4 Å². The van der Waals surface area contributed by atoms with Crippen LogP contribution in [0.5, 0.6) is 5.75 Å². The van der Waals surface area contributed by atoms with Crippen molar-refractivity contribution in [2.45, 2.75) is 38.8 Å². The number of H-pyrrole nitrogens is 1. The summed E-state index contributed by atoms with van der Waals surface area (Å²) in [6.07, 6.45) is 0.182. The maximum Gasteiger partial charge on any atom is 0.407 e. The van der Waals surface area contributed by atoms with Crippen LogP contribution in [0.2, 0.25) is 0 Å². The predicted octanol–water partition coefficient (Wildman–Crippen LogP) is 2.57. The summed E-state index contributed by atoms with van der Waals surface area (Å²) in [5.41, 5.74) is 7.60. The zero-order valence-corrected chi connectivity index (χ0v) is 14.1. The van der Waals surface area contributed by atoms with Crippen LogP contribution < -0.4 is 15.8 Å². The van der Waals surface area contributed by atoms with Crippen LogP contribution >= 0.6 is 0 Å². The topological polar surface area (TPSA) is 89.4 Å². The van der Waals surface area contributed by atoms with Crippen LogP contribution in [-0.2, 0) is 11.2 Å². The quantitative estimate of drug-likeness (QED) is 0.790. The Bertz CT molecular complexity index is 673. The summed E-state index contributed by atoms with van der Waals surface area (Å²) in [6, 6.07) is 7.73. The molecule has 0 aliphatic heterocycles. The number of nitrogens with one attached hydrogen (secondary N) is 2. The molecule has 0 spiro atoms. The van der Waals surface area contributed by atoms with Crippen molar-refractivity contribution < 1.29 is 14.3 Å². The second kappa shape index (κ2) is 6.91. The van der Waals surface area contributed by atoms with E-state index >= 15 is 0 Å². The molecule has 1 amide bonds. The van der Waals surface area contributed by atoms with Crippen LogP contribution in [0.15, 0.2) is 24.3 Å². The van der Waals surface area contributed by atoms with Gasteiger partial charge in [-0.2, -0.15) is 0 Å². The molecule has 0 bridgehead atoms. The number of amides is 1. The summed E-state index contributed by atoms with van der Waals surface area (Å²) in [5.74, 6) is 0.807. The van der Waals surface area contributed by atoms with Crippen LogP contribution in [0.1, 0.15) is 26.5 Å². The number of alkyl carbamates (subject to hydrolysis) is 1. The van der Waals surface area contributed by atoms with E-state index in [1.807, 2.05) is 39.0 Å². The SMILES string of the molecule is COc1ccc2cc(CC(N)CNC(=O)OC(C)(C)C)[nH]c2c1. The van der Waals surface area contributed by atoms with Gasteiger partial charge in [0.05, 0.1) is 7.11 Å². The maximum absolute atomic E-state index is 11.6. The number of carbonyl (C=O) groups is 1. The fraction of sp³-hybridized carbons (Fsp3) is 0.471. The van der Waals surface area contributed by atoms with E-state index in [0.717, 1.165) is 22.3 Å². The minimum atomic E-state index is -0.510. The van der Waals surface area contributed by atoms with E-state index in [-0.39, 0.29) is 6.04 Å². The number of nitrogens with two attached hydrogens (primary N) is 1. The fourth-order valence-corrected chi connectivity index (χ4v) is 2.29. The molecule has 0 aliphatic carbocycles. The number of aromatic nitrogens is 1. The van der Waals surface area contributed by atoms with Gasteiger partial charge in [0.1, 0.15) is 11.4 Å². The third-order valence-electron chi connectivity index (χ3n) is 3.27. The van der Waals surface area contributed by atoms with Gasteiger partial charge in [-0.1, -0.05) is 0 Å². The van der Waals surface area contributed by atoms with Gasteiger partial charge in [-0.15, -0.1) is 0 Å². The molecule has 4 N–H and O–H groups in total. The number of rotatable bonds is 5. The van der Waals surface area contributed by atoms with Gasteiger partial charge in [0.15, 0.2) is 0 Å². The van der Waals surface area contributed by atoms with E-state index in [2.05, 4.69) is 16.4 Å². The van der Waals surface area contributed by atoms with E-state index in [1.165, 1.54) is 0 Å². The van der Waals surface area contributed by atoms with Gasteiger partial charge in [-0.3, -0.25) is 0 Å². The van der Waals surface area contributed by atoms with Crippen LogP contribution in [0.25, 0.3) is 10.9 Å². The summed E-state index contributed by atoms with van der Waals surface area (Å²) in [6.45, 7) is 5.83. The van der Waals surface area contributed by atoms with Gasteiger partial charge in [0, 0.05) is 36.3 Å². The molecule has 0 fully saturated rings. The molecule has 6 nitrogen and oxygen atoms in total. The molecular weight excluding hydrogens is 294 g/mol. The molecule has 0 aliphatic rings. The molecule has 0 saturated carbocycles. The Morgan fingerprint density at radius 3 is 2.74 bits per heavy atom. The molecule has 1 heterocycles. The van der Waals surface area contributed by atoms with Crippen molar-refractivity contribution in [1.82, 2.24) is 10.3 Å². The highest BCUT2D eigenvalue weighted by Crippen LogP contribution is 2.21. The standard InChI is InChI=1S/C17H25N3O3/c1-17(2,3)23-16(21)19-10-12(18)8-13-7-11-5-6-14(22-4)9-15(11)20-13/h5-7,9,12,20H,8,10,18H2,1-4H3,(H,19,21). The lowest BCUT2D eigenvalue weighted by molar-refractivity contribution is 0.0524. The van der Waals surface area contributed by atoms with E-state index in [4.69, 9.17) is 15.2 Å². The monoisotopic (exact) mass is 319 g/mol. The Morgan fingerprint density at radius 2 is 2.09 bits per heavy atom. The number of fused-ring (bicyclic) bond motifs is 1. The maximum atomic E-state index is 11.6. The van der Waals surface area contributed by atoms with Crippen LogP contribution in [0.4, 0.5) is 4.79 Å². The third kappa shape index (κ3) is 5.17. The van der Waals surface area contributed by atoms with Crippen LogP contribution in [0.3, 0.4) is 0 Å². The number of hydrogen-bond donors (Lipinski definition) is 3. The molecule has 6 heteroatoms. The average Bonchev–Trinajstić information content (AvgIpc) is 2.84. The number of carbonyl (C=O) groups excluding carboxylic acids is 1. The minimum Gasteiger partial charge on any atom is -0.497 e.